The van der Waals surface area contributed by atoms with Gasteiger partial charge in [-0.2, -0.15) is 11.8 Å². The van der Waals surface area contributed by atoms with Gasteiger partial charge in [0, 0.05) is 17.7 Å². The summed E-state index contributed by atoms with van der Waals surface area (Å²) in [6, 6.07) is -1.50. The van der Waals surface area contributed by atoms with Gasteiger partial charge in [-0.3, -0.25) is 0 Å². The van der Waals surface area contributed by atoms with Crippen LogP contribution in [0.4, 0.5) is 4.79 Å². The molecule has 0 radical (unpaired) electrons. The second-order valence-electron chi connectivity index (χ2n) is 4.37. The zero-order valence-electron chi connectivity index (χ0n) is 10.4. The molecule has 0 spiro atoms. The number of urea groups is 1. The number of carbonyl (C=O) groups is 2. The molecule has 0 aromatic carbocycles. The first kappa shape index (κ1) is 14.7. The smallest absolute Gasteiger partial charge is 0.327 e. The monoisotopic (exact) mass is 270 g/mol. The molecule has 1 atom stereocenters. The Hall–Kier alpha value is -1.35. The lowest BCUT2D eigenvalue weighted by molar-refractivity contribution is -0.139. The molecule has 1 unspecified atom stereocenters. The third kappa shape index (κ3) is 3.84. The van der Waals surface area contributed by atoms with Crippen molar-refractivity contribution in [1.29, 1.82) is 0 Å². The quantitative estimate of drug-likeness (QED) is 0.630. The van der Waals surface area contributed by atoms with Gasteiger partial charge in [0.05, 0.1) is 0 Å². The van der Waals surface area contributed by atoms with Crippen LogP contribution in [-0.2, 0) is 4.79 Å². The first-order chi connectivity index (χ1) is 8.53. The number of aliphatic carboxylic acids is 1. The maximum atomic E-state index is 11.6. The van der Waals surface area contributed by atoms with Crippen molar-refractivity contribution in [2.24, 2.45) is 0 Å². The minimum absolute atomic E-state index is 0.0174. The summed E-state index contributed by atoms with van der Waals surface area (Å²) >= 11 is 1.75. The van der Waals surface area contributed by atoms with Gasteiger partial charge < -0.3 is 15.7 Å². The van der Waals surface area contributed by atoms with Gasteiger partial charge in [0.2, 0.25) is 0 Å². The molecule has 0 aromatic heterocycles. The molecule has 0 bridgehead atoms. The summed E-state index contributed by atoms with van der Waals surface area (Å²) in [6.07, 6.45) is 10.4. The summed E-state index contributed by atoms with van der Waals surface area (Å²) in [7, 11) is 0. The van der Waals surface area contributed by atoms with Gasteiger partial charge in [-0.15, -0.1) is 12.3 Å². The first-order valence-corrected chi connectivity index (χ1v) is 7.01. The van der Waals surface area contributed by atoms with E-state index in [1.54, 1.807) is 11.8 Å². The molecule has 2 amide bonds. The fraction of sp³-hybridized carbons (Fsp3) is 0.667. The number of hydrogen-bond donors (Lipinski definition) is 3. The summed E-state index contributed by atoms with van der Waals surface area (Å²) in [4.78, 5) is 22.4. The Morgan fingerprint density at radius 3 is 2.61 bits per heavy atom. The van der Waals surface area contributed by atoms with E-state index < -0.39 is 18.0 Å². The molecule has 18 heavy (non-hydrogen) atoms. The van der Waals surface area contributed by atoms with Crippen molar-refractivity contribution < 1.29 is 14.7 Å². The van der Waals surface area contributed by atoms with Crippen molar-refractivity contribution in [3.63, 3.8) is 0 Å². The zero-order valence-corrected chi connectivity index (χ0v) is 11.2. The van der Waals surface area contributed by atoms with E-state index in [9.17, 15) is 9.59 Å². The lowest BCUT2D eigenvalue weighted by Gasteiger charge is -2.40. The molecule has 100 valence electrons. The highest BCUT2D eigenvalue weighted by Crippen LogP contribution is 2.42. The maximum absolute atomic E-state index is 11.6. The van der Waals surface area contributed by atoms with E-state index in [1.807, 2.05) is 6.26 Å². The number of rotatable bonds is 6. The van der Waals surface area contributed by atoms with Gasteiger partial charge in [0.15, 0.2) is 0 Å². The number of carboxylic acid groups (broad SMARTS) is 1. The van der Waals surface area contributed by atoms with E-state index in [0.717, 1.165) is 12.8 Å². The Kier molecular flexibility index (Phi) is 5.35. The highest BCUT2D eigenvalue weighted by atomic mass is 32.2. The number of carboxylic acids is 1. The SMILES string of the molecule is C#CCC(NC(=O)NCC1(SC)CCC1)C(=O)O. The molecule has 1 saturated carbocycles. The summed E-state index contributed by atoms with van der Waals surface area (Å²) < 4.78 is 0.127. The second kappa shape index (κ2) is 6.55. The van der Waals surface area contributed by atoms with Crippen LogP contribution in [-0.4, -0.2) is 40.7 Å². The summed E-state index contributed by atoms with van der Waals surface area (Å²) in [5.41, 5.74) is 0. The van der Waals surface area contributed by atoms with Crippen molar-refractivity contribution in [3.8, 4) is 12.3 Å². The Morgan fingerprint density at radius 1 is 1.56 bits per heavy atom. The lowest BCUT2D eigenvalue weighted by Crippen LogP contribution is -2.51. The highest BCUT2D eigenvalue weighted by Gasteiger charge is 2.36. The van der Waals surface area contributed by atoms with Gasteiger partial charge in [0.25, 0.3) is 0 Å². The Balaban J connectivity index is 2.36. The van der Waals surface area contributed by atoms with Crippen molar-refractivity contribution >= 4 is 23.8 Å². The largest absolute Gasteiger partial charge is 0.480 e. The molecule has 3 N–H and O–H groups in total. The van der Waals surface area contributed by atoms with Gasteiger partial charge in [-0.1, -0.05) is 6.42 Å². The van der Waals surface area contributed by atoms with Crippen LogP contribution >= 0.6 is 11.8 Å². The third-order valence-electron chi connectivity index (χ3n) is 3.19. The van der Waals surface area contributed by atoms with Gasteiger partial charge in [-0.25, -0.2) is 9.59 Å². The Morgan fingerprint density at radius 2 is 2.22 bits per heavy atom. The number of thioether (sulfide) groups is 1. The molecule has 0 aliphatic heterocycles. The van der Waals surface area contributed by atoms with Crippen molar-refractivity contribution in [2.45, 2.75) is 36.5 Å². The number of amides is 2. The highest BCUT2D eigenvalue weighted by molar-refractivity contribution is 8.00. The van der Waals surface area contributed by atoms with E-state index in [2.05, 4.69) is 16.6 Å². The van der Waals surface area contributed by atoms with Crippen molar-refractivity contribution in [3.05, 3.63) is 0 Å². The predicted octanol–water partition coefficient (Wildman–Crippen LogP) is 1.05. The van der Waals surface area contributed by atoms with Crippen LogP contribution in [0, 0.1) is 12.3 Å². The van der Waals surface area contributed by atoms with Gasteiger partial charge in [0.1, 0.15) is 6.04 Å². The summed E-state index contributed by atoms with van der Waals surface area (Å²) in [5, 5.41) is 13.9. The minimum atomic E-state index is -1.12. The number of terminal acetylenes is 1. The predicted molar refractivity (Wildman–Crippen MR) is 71.5 cm³/mol. The topological polar surface area (TPSA) is 78.4 Å². The van der Waals surface area contributed by atoms with E-state index in [1.165, 1.54) is 6.42 Å². The first-order valence-electron chi connectivity index (χ1n) is 5.79. The molecule has 1 aliphatic rings. The van der Waals surface area contributed by atoms with Crippen LogP contribution in [0.3, 0.4) is 0 Å². The molecule has 1 aliphatic carbocycles. The number of hydrogen-bond acceptors (Lipinski definition) is 3. The van der Waals surface area contributed by atoms with E-state index in [0.29, 0.717) is 6.54 Å². The lowest BCUT2D eigenvalue weighted by atomic mass is 9.84. The van der Waals surface area contributed by atoms with Crippen molar-refractivity contribution in [2.75, 3.05) is 12.8 Å². The number of nitrogens with one attached hydrogen (secondary N) is 2. The molecule has 1 rings (SSSR count). The van der Waals surface area contributed by atoms with Crippen LogP contribution in [0.2, 0.25) is 0 Å². The molecule has 6 heteroatoms. The molecular formula is C12H18N2O3S. The molecule has 5 nitrogen and oxygen atoms in total. The van der Waals surface area contributed by atoms with Crippen LogP contribution in [0.25, 0.3) is 0 Å². The molecular weight excluding hydrogens is 252 g/mol. The fourth-order valence-electron chi connectivity index (χ4n) is 1.79. The van der Waals surface area contributed by atoms with Crippen LogP contribution < -0.4 is 10.6 Å². The average Bonchev–Trinajstić information content (AvgIpc) is 2.27. The Labute approximate surface area is 111 Å². The van der Waals surface area contributed by atoms with Crippen molar-refractivity contribution in [1.82, 2.24) is 10.6 Å². The zero-order chi connectivity index (χ0) is 13.6. The molecule has 0 heterocycles. The second-order valence-corrected chi connectivity index (χ2v) is 5.64. The molecule has 0 aromatic rings. The Bertz CT molecular complexity index is 355. The molecule has 0 saturated heterocycles. The average molecular weight is 270 g/mol. The molecule has 1 fully saturated rings. The van der Waals surface area contributed by atoms with Gasteiger partial charge >= 0.3 is 12.0 Å². The van der Waals surface area contributed by atoms with E-state index >= 15 is 0 Å². The standard InChI is InChI=1S/C12H18N2O3S/c1-3-5-9(10(15)16)14-11(17)13-8-12(18-2)6-4-7-12/h1,9H,4-8H2,2H3,(H,15,16)(H2,13,14,17). The summed E-state index contributed by atoms with van der Waals surface area (Å²) in [5.74, 6) is 1.11. The number of carbonyl (C=O) groups excluding carboxylic acids is 1. The van der Waals surface area contributed by atoms with E-state index in [4.69, 9.17) is 11.5 Å². The van der Waals surface area contributed by atoms with Crippen LogP contribution in [0.1, 0.15) is 25.7 Å². The fourth-order valence-corrected chi connectivity index (χ4v) is 2.71. The van der Waals surface area contributed by atoms with E-state index in [-0.39, 0.29) is 11.2 Å². The summed E-state index contributed by atoms with van der Waals surface area (Å²) in [6.45, 7) is 0.558. The minimum Gasteiger partial charge on any atom is -0.480 e. The van der Waals surface area contributed by atoms with Crippen LogP contribution in [0.15, 0.2) is 0 Å². The van der Waals surface area contributed by atoms with Crippen LogP contribution in [0.5, 0.6) is 0 Å². The third-order valence-corrected chi connectivity index (χ3v) is 4.61. The van der Waals surface area contributed by atoms with Gasteiger partial charge in [-0.05, 0) is 19.1 Å². The normalized spacial score (nSPS) is 18.0. The maximum Gasteiger partial charge on any atom is 0.327 e.